The molecule has 0 spiro atoms. The van der Waals surface area contributed by atoms with Gasteiger partial charge in [-0.3, -0.25) is 0 Å². The molecule has 0 unspecified atom stereocenters. The molecular formula is C56H35NO2. The number of rotatable bonds is 6. The van der Waals surface area contributed by atoms with Crippen LogP contribution in [0.4, 0.5) is 17.1 Å². The van der Waals surface area contributed by atoms with Crippen molar-refractivity contribution >= 4 is 82.5 Å². The molecule has 2 aromatic heterocycles. The van der Waals surface area contributed by atoms with Crippen LogP contribution in [0.15, 0.2) is 221 Å². The van der Waals surface area contributed by atoms with Gasteiger partial charge in [-0.15, -0.1) is 0 Å². The van der Waals surface area contributed by atoms with Crippen LogP contribution in [0.25, 0.3) is 98.8 Å². The fraction of sp³-hybridized carbons (Fsp3) is 0. The van der Waals surface area contributed by atoms with E-state index < -0.39 is 0 Å². The van der Waals surface area contributed by atoms with Gasteiger partial charge < -0.3 is 13.7 Å². The van der Waals surface area contributed by atoms with E-state index in [1.54, 1.807) is 0 Å². The smallest absolute Gasteiger partial charge is 0.143 e. The van der Waals surface area contributed by atoms with E-state index in [0.29, 0.717) is 0 Å². The van der Waals surface area contributed by atoms with Crippen LogP contribution in [0.2, 0.25) is 0 Å². The van der Waals surface area contributed by atoms with Crippen LogP contribution in [0.5, 0.6) is 0 Å². The SMILES string of the molecule is c1ccc(N(c2ccc(-c3ccc(-c4cccc5ccccc45)cc3)cc2)c2cccc3oc4ccccc4c23)c(-c2cccc3c2oc2c4ccccc4ccc32)c1. The normalized spacial score (nSPS) is 11.7. The summed E-state index contributed by atoms with van der Waals surface area (Å²) in [6, 6.07) is 75.6. The fourth-order valence-electron chi connectivity index (χ4n) is 9.11. The molecule has 0 bridgehead atoms. The molecule has 0 saturated heterocycles. The Hall–Kier alpha value is -7.88. The molecule has 0 aliphatic carbocycles. The molecule has 0 aliphatic heterocycles. The summed E-state index contributed by atoms with van der Waals surface area (Å²) >= 11 is 0. The maximum absolute atomic E-state index is 6.90. The summed E-state index contributed by atoms with van der Waals surface area (Å²) in [4.78, 5) is 2.38. The van der Waals surface area contributed by atoms with Gasteiger partial charge in [0.2, 0.25) is 0 Å². The zero-order valence-electron chi connectivity index (χ0n) is 32.0. The van der Waals surface area contributed by atoms with E-state index in [9.17, 15) is 0 Å². The number of nitrogens with zero attached hydrogens (tertiary/aromatic N) is 1. The molecule has 0 fully saturated rings. The van der Waals surface area contributed by atoms with Gasteiger partial charge in [0, 0.05) is 38.4 Å². The molecule has 0 amide bonds. The molecule has 3 nitrogen and oxygen atoms in total. The van der Waals surface area contributed by atoms with Crippen LogP contribution in [-0.4, -0.2) is 0 Å². The minimum atomic E-state index is 0.848. The molecule has 59 heavy (non-hydrogen) atoms. The highest BCUT2D eigenvalue weighted by molar-refractivity contribution is 6.18. The van der Waals surface area contributed by atoms with Crippen molar-refractivity contribution in [1.82, 2.24) is 0 Å². The topological polar surface area (TPSA) is 29.5 Å². The van der Waals surface area contributed by atoms with Gasteiger partial charge in [0.1, 0.15) is 22.3 Å². The lowest BCUT2D eigenvalue weighted by molar-refractivity contribution is 0.669. The fourth-order valence-corrected chi connectivity index (χ4v) is 9.11. The van der Waals surface area contributed by atoms with Crippen molar-refractivity contribution in [3.63, 3.8) is 0 Å². The third-order valence-electron chi connectivity index (χ3n) is 11.9. The summed E-state index contributed by atoms with van der Waals surface area (Å²) in [6.07, 6.45) is 0. The molecule has 12 aromatic rings. The molecule has 12 rings (SSSR count). The molecular weight excluding hydrogens is 719 g/mol. The van der Waals surface area contributed by atoms with Gasteiger partial charge in [-0.05, 0) is 80.9 Å². The maximum Gasteiger partial charge on any atom is 0.143 e. The number of benzene rings is 10. The molecule has 10 aromatic carbocycles. The Bertz CT molecular complexity index is 3550. The predicted octanol–water partition coefficient (Wildman–Crippen LogP) is 16.3. The number of furan rings is 2. The first-order chi connectivity index (χ1) is 29.3. The lowest BCUT2D eigenvalue weighted by Gasteiger charge is -2.28. The van der Waals surface area contributed by atoms with Crippen molar-refractivity contribution in [3.05, 3.63) is 212 Å². The van der Waals surface area contributed by atoms with Crippen molar-refractivity contribution in [2.45, 2.75) is 0 Å². The van der Waals surface area contributed by atoms with E-state index >= 15 is 0 Å². The number of fused-ring (bicyclic) bond motifs is 9. The van der Waals surface area contributed by atoms with Gasteiger partial charge in [-0.1, -0.05) is 170 Å². The lowest BCUT2D eigenvalue weighted by Crippen LogP contribution is -2.11. The molecule has 0 N–H and O–H groups in total. The highest BCUT2D eigenvalue weighted by Gasteiger charge is 2.24. The first kappa shape index (κ1) is 33.3. The average Bonchev–Trinajstić information content (AvgIpc) is 3.89. The second-order valence-corrected chi connectivity index (χ2v) is 15.2. The third-order valence-corrected chi connectivity index (χ3v) is 11.9. The zero-order chi connectivity index (χ0) is 38.9. The Balaban J connectivity index is 1.02. The number of para-hydroxylation sites is 3. The van der Waals surface area contributed by atoms with E-state index in [1.165, 1.54) is 27.5 Å². The summed E-state index contributed by atoms with van der Waals surface area (Å²) in [6.45, 7) is 0. The minimum absolute atomic E-state index is 0.848. The van der Waals surface area contributed by atoms with Crippen LogP contribution < -0.4 is 4.90 Å². The largest absolute Gasteiger partial charge is 0.456 e. The first-order valence-corrected chi connectivity index (χ1v) is 20.1. The standard InChI is InChI=1S/C56H35NO2/c1-3-15-42-38(12-1)14-9-19-43(42)40-28-26-36(27-29-40)37-30-33-41(34-31-37)57(51-23-11-25-53-54(51)49-18-6-8-24-52(49)58-53)50-22-7-5-17-45(50)46-20-10-21-47-48-35-32-39-13-2-4-16-44(39)55(48)59-56(46)47/h1-35H. The molecule has 276 valence electrons. The van der Waals surface area contributed by atoms with Gasteiger partial charge in [-0.2, -0.15) is 0 Å². The average molecular weight is 754 g/mol. The van der Waals surface area contributed by atoms with Crippen molar-refractivity contribution in [2.24, 2.45) is 0 Å². The lowest BCUT2D eigenvalue weighted by atomic mass is 9.96. The second-order valence-electron chi connectivity index (χ2n) is 15.2. The number of hydrogen-bond donors (Lipinski definition) is 0. The number of anilines is 3. The Morgan fingerprint density at radius 1 is 0.288 bits per heavy atom. The summed E-state index contributed by atoms with van der Waals surface area (Å²) in [7, 11) is 0. The summed E-state index contributed by atoms with van der Waals surface area (Å²) in [5.41, 5.74) is 13.5. The molecule has 0 aliphatic rings. The van der Waals surface area contributed by atoms with Crippen LogP contribution in [0.3, 0.4) is 0 Å². The molecule has 0 saturated carbocycles. The van der Waals surface area contributed by atoms with Crippen LogP contribution in [0, 0.1) is 0 Å². The Kier molecular flexibility index (Phi) is 7.54. The Morgan fingerprint density at radius 3 is 1.68 bits per heavy atom. The third kappa shape index (κ3) is 5.36. The second kappa shape index (κ2) is 13.4. The number of hydrogen-bond acceptors (Lipinski definition) is 3. The van der Waals surface area contributed by atoms with Gasteiger partial charge >= 0.3 is 0 Å². The molecule has 2 heterocycles. The summed E-state index contributed by atoms with van der Waals surface area (Å²) in [5.74, 6) is 0. The zero-order valence-corrected chi connectivity index (χ0v) is 32.0. The summed E-state index contributed by atoms with van der Waals surface area (Å²) < 4.78 is 13.4. The van der Waals surface area contributed by atoms with Crippen molar-refractivity contribution in [3.8, 4) is 33.4 Å². The van der Waals surface area contributed by atoms with E-state index in [2.05, 4.69) is 205 Å². The van der Waals surface area contributed by atoms with E-state index in [0.717, 1.165) is 88.4 Å². The minimum Gasteiger partial charge on any atom is -0.456 e. The predicted molar refractivity (Wildman–Crippen MR) is 247 cm³/mol. The monoisotopic (exact) mass is 753 g/mol. The molecule has 0 atom stereocenters. The quantitative estimate of drug-likeness (QED) is 0.169. The molecule has 3 heteroatoms. The Labute approximate surface area is 340 Å². The van der Waals surface area contributed by atoms with E-state index in [4.69, 9.17) is 8.83 Å². The summed E-state index contributed by atoms with van der Waals surface area (Å²) in [5, 5.41) is 9.15. The van der Waals surface area contributed by atoms with E-state index in [1.807, 2.05) is 12.1 Å². The van der Waals surface area contributed by atoms with Crippen molar-refractivity contribution in [1.29, 1.82) is 0 Å². The van der Waals surface area contributed by atoms with Gasteiger partial charge in [0.05, 0.1) is 16.8 Å². The van der Waals surface area contributed by atoms with Crippen molar-refractivity contribution < 1.29 is 8.83 Å². The van der Waals surface area contributed by atoms with Crippen molar-refractivity contribution in [2.75, 3.05) is 4.90 Å². The van der Waals surface area contributed by atoms with Gasteiger partial charge in [0.25, 0.3) is 0 Å². The van der Waals surface area contributed by atoms with Crippen LogP contribution >= 0.6 is 0 Å². The van der Waals surface area contributed by atoms with Crippen LogP contribution in [-0.2, 0) is 0 Å². The van der Waals surface area contributed by atoms with Gasteiger partial charge in [0.15, 0.2) is 0 Å². The highest BCUT2D eigenvalue weighted by Crippen LogP contribution is 2.48. The molecule has 0 radical (unpaired) electrons. The first-order valence-electron chi connectivity index (χ1n) is 20.1. The van der Waals surface area contributed by atoms with Gasteiger partial charge in [-0.25, -0.2) is 0 Å². The van der Waals surface area contributed by atoms with Crippen LogP contribution in [0.1, 0.15) is 0 Å². The van der Waals surface area contributed by atoms with E-state index in [-0.39, 0.29) is 0 Å². The maximum atomic E-state index is 6.90. The highest BCUT2D eigenvalue weighted by atomic mass is 16.3. The Morgan fingerprint density at radius 2 is 0.831 bits per heavy atom.